The minimum atomic E-state index is -1.00. The van der Waals surface area contributed by atoms with Crippen molar-refractivity contribution in [2.45, 2.75) is 0 Å². The van der Waals surface area contributed by atoms with Crippen molar-refractivity contribution in [1.82, 2.24) is 19.9 Å². The van der Waals surface area contributed by atoms with E-state index in [9.17, 15) is 4.79 Å². The van der Waals surface area contributed by atoms with Crippen LogP contribution in [0.1, 0.15) is 10.4 Å². The predicted molar refractivity (Wildman–Crippen MR) is 64.1 cm³/mol. The molecule has 0 aliphatic rings. The van der Waals surface area contributed by atoms with Crippen molar-refractivity contribution in [2.24, 2.45) is 0 Å². The summed E-state index contributed by atoms with van der Waals surface area (Å²) in [4.78, 5) is 26.4. The lowest BCUT2D eigenvalue weighted by molar-refractivity contribution is 0.0699. The molecule has 18 heavy (non-hydrogen) atoms. The van der Waals surface area contributed by atoms with Gasteiger partial charge in [-0.2, -0.15) is 0 Å². The van der Waals surface area contributed by atoms with Gasteiger partial charge in [0, 0.05) is 12.4 Å². The second-order valence-corrected chi connectivity index (χ2v) is 3.68. The first-order chi connectivity index (χ1) is 8.75. The molecule has 3 aromatic rings. The maximum atomic E-state index is 11.1. The summed E-state index contributed by atoms with van der Waals surface area (Å²) in [5.41, 5.74) is 1.82. The van der Waals surface area contributed by atoms with Gasteiger partial charge in [0.25, 0.3) is 0 Å². The summed E-state index contributed by atoms with van der Waals surface area (Å²) in [6.07, 6.45) is 4.69. The number of rotatable bonds is 2. The van der Waals surface area contributed by atoms with Crippen molar-refractivity contribution in [1.29, 1.82) is 0 Å². The molecule has 2 N–H and O–H groups in total. The zero-order chi connectivity index (χ0) is 12.5. The summed E-state index contributed by atoms with van der Waals surface area (Å²) in [5.74, 6) is -0.496. The molecule has 1 aromatic carbocycles. The number of benzene rings is 1. The van der Waals surface area contributed by atoms with E-state index in [1.54, 1.807) is 30.7 Å². The summed E-state index contributed by atoms with van der Waals surface area (Å²) in [5, 5.41) is 9.08. The number of carboxylic acid groups (broad SMARTS) is 1. The van der Waals surface area contributed by atoms with Crippen LogP contribution in [0.3, 0.4) is 0 Å². The number of aromatic nitrogens is 4. The second kappa shape index (κ2) is 3.92. The van der Waals surface area contributed by atoms with Gasteiger partial charge in [0.1, 0.15) is 11.2 Å². The topological polar surface area (TPSA) is 91.8 Å². The molecule has 88 valence electrons. The lowest BCUT2D eigenvalue weighted by Gasteiger charge is -1.93. The van der Waals surface area contributed by atoms with Crippen LogP contribution in [0.2, 0.25) is 0 Å². The zero-order valence-corrected chi connectivity index (χ0v) is 9.16. The van der Waals surface area contributed by atoms with E-state index in [-0.39, 0.29) is 5.56 Å². The number of H-pyrrole nitrogens is 1. The standard InChI is InChI=1S/C12H8N4O2/c17-12(18)7-2-1-3-8-10(7)16-11(15-8)9-6-13-4-5-14-9/h1-6H,(H,15,16)(H,17,18). The molecule has 2 aromatic heterocycles. The average molecular weight is 240 g/mol. The van der Waals surface area contributed by atoms with Crippen LogP contribution in [-0.4, -0.2) is 31.0 Å². The Bertz CT molecular complexity index is 721. The number of aromatic carboxylic acids is 1. The summed E-state index contributed by atoms with van der Waals surface area (Å²) < 4.78 is 0. The minimum absolute atomic E-state index is 0.166. The van der Waals surface area contributed by atoms with Crippen LogP contribution in [0.15, 0.2) is 36.8 Å². The maximum absolute atomic E-state index is 11.1. The lowest BCUT2D eigenvalue weighted by atomic mass is 10.2. The SMILES string of the molecule is O=C(O)c1cccc2[nH]c(-c3cnccn3)nc12. The van der Waals surface area contributed by atoms with Crippen molar-refractivity contribution in [3.05, 3.63) is 42.4 Å². The number of imidazole rings is 1. The summed E-state index contributed by atoms with van der Waals surface area (Å²) in [6, 6.07) is 4.96. The van der Waals surface area contributed by atoms with E-state index in [0.29, 0.717) is 22.6 Å². The van der Waals surface area contributed by atoms with Crippen LogP contribution in [0.5, 0.6) is 0 Å². The van der Waals surface area contributed by atoms with Gasteiger partial charge in [0.2, 0.25) is 0 Å². The molecular weight excluding hydrogens is 232 g/mol. The van der Waals surface area contributed by atoms with Gasteiger partial charge in [-0.1, -0.05) is 6.07 Å². The van der Waals surface area contributed by atoms with E-state index in [2.05, 4.69) is 19.9 Å². The molecule has 0 saturated carbocycles. The Balaban J connectivity index is 2.23. The normalized spacial score (nSPS) is 10.7. The maximum Gasteiger partial charge on any atom is 0.337 e. The largest absolute Gasteiger partial charge is 0.478 e. The molecule has 0 radical (unpaired) electrons. The number of para-hydroxylation sites is 1. The number of carboxylic acids is 1. The highest BCUT2D eigenvalue weighted by Crippen LogP contribution is 2.21. The van der Waals surface area contributed by atoms with E-state index in [1.165, 1.54) is 6.07 Å². The van der Waals surface area contributed by atoms with Gasteiger partial charge < -0.3 is 10.1 Å². The molecule has 0 saturated heterocycles. The highest BCUT2D eigenvalue weighted by molar-refractivity contribution is 6.01. The Morgan fingerprint density at radius 1 is 1.28 bits per heavy atom. The monoisotopic (exact) mass is 240 g/mol. The van der Waals surface area contributed by atoms with E-state index < -0.39 is 5.97 Å². The molecule has 0 fully saturated rings. The third-order valence-electron chi connectivity index (χ3n) is 2.55. The Morgan fingerprint density at radius 3 is 2.89 bits per heavy atom. The Kier molecular flexibility index (Phi) is 2.26. The molecule has 0 amide bonds. The van der Waals surface area contributed by atoms with Crippen LogP contribution < -0.4 is 0 Å². The Hall–Kier alpha value is -2.76. The Labute approximate surface area is 101 Å². The van der Waals surface area contributed by atoms with E-state index in [1.807, 2.05) is 0 Å². The van der Waals surface area contributed by atoms with Crippen molar-refractivity contribution in [3.8, 4) is 11.5 Å². The predicted octanol–water partition coefficient (Wildman–Crippen LogP) is 1.72. The van der Waals surface area contributed by atoms with Crippen LogP contribution in [0.4, 0.5) is 0 Å². The molecule has 3 rings (SSSR count). The Morgan fingerprint density at radius 2 is 2.17 bits per heavy atom. The van der Waals surface area contributed by atoms with Gasteiger partial charge >= 0.3 is 5.97 Å². The summed E-state index contributed by atoms with van der Waals surface area (Å²) in [7, 11) is 0. The molecule has 0 atom stereocenters. The number of hydrogen-bond acceptors (Lipinski definition) is 4. The third-order valence-corrected chi connectivity index (χ3v) is 2.55. The average Bonchev–Trinajstić information content (AvgIpc) is 2.83. The van der Waals surface area contributed by atoms with E-state index in [0.717, 1.165) is 0 Å². The molecule has 6 heteroatoms. The van der Waals surface area contributed by atoms with Gasteiger partial charge in [0.15, 0.2) is 5.82 Å². The fraction of sp³-hybridized carbons (Fsp3) is 0. The van der Waals surface area contributed by atoms with Crippen LogP contribution in [0.25, 0.3) is 22.6 Å². The molecule has 0 bridgehead atoms. The number of nitrogens with zero attached hydrogens (tertiary/aromatic N) is 3. The number of fused-ring (bicyclic) bond motifs is 1. The van der Waals surface area contributed by atoms with Crippen molar-refractivity contribution in [3.63, 3.8) is 0 Å². The van der Waals surface area contributed by atoms with E-state index in [4.69, 9.17) is 5.11 Å². The molecule has 6 nitrogen and oxygen atoms in total. The lowest BCUT2D eigenvalue weighted by Crippen LogP contribution is -1.96. The number of hydrogen-bond donors (Lipinski definition) is 2. The number of aromatic amines is 1. The fourth-order valence-electron chi connectivity index (χ4n) is 1.75. The van der Waals surface area contributed by atoms with Crippen molar-refractivity contribution < 1.29 is 9.90 Å². The highest BCUT2D eigenvalue weighted by Gasteiger charge is 2.13. The second-order valence-electron chi connectivity index (χ2n) is 3.68. The van der Waals surface area contributed by atoms with Gasteiger partial charge in [0.05, 0.1) is 17.3 Å². The van der Waals surface area contributed by atoms with Crippen molar-refractivity contribution in [2.75, 3.05) is 0 Å². The summed E-state index contributed by atoms with van der Waals surface area (Å²) >= 11 is 0. The quantitative estimate of drug-likeness (QED) is 0.711. The van der Waals surface area contributed by atoms with Gasteiger partial charge in [-0.15, -0.1) is 0 Å². The first-order valence-electron chi connectivity index (χ1n) is 5.24. The first kappa shape index (κ1) is 10.4. The smallest absolute Gasteiger partial charge is 0.337 e. The minimum Gasteiger partial charge on any atom is -0.478 e. The molecule has 0 aliphatic carbocycles. The highest BCUT2D eigenvalue weighted by atomic mass is 16.4. The molecular formula is C12H8N4O2. The van der Waals surface area contributed by atoms with Gasteiger partial charge in [-0.3, -0.25) is 4.98 Å². The third kappa shape index (κ3) is 1.60. The molecule has 2 heterocycles. The van der Waals surface area contributed by atoms with Crippen LogP contribution >= 0.6 is 0 Å². The fourth-order valence-corrected chi connectivity index (χ4v) is 1.75. The number of carbonyl (C=O) groups is 1. The molecule has 0 unspecified atom stereocenters. The van der Waals surface area contributed by atoms with Gasteiger partial charge in [-0.05, 0) is 12.1 Å². The number of nitrogens with one attached hydrogen (secondary N) is 1. The molecule has 0 aliphatic heterocycles. The van der Waals surface area contributed by atoms with E-state index >= 15 is 0 Å². The van der Waals surface area contributed by atoms with Crippen LogP contribution in [0, 0.1) is 0 Å². The van der Waals surface area contributed by atoms with Gasteiger partial charge in [-0.25, -0.2) is 14.8 Å². The van der Waals surface area contributed by atoms with Crippen molar-refractivity contribution >= 4 is 17.0 Å². The first-order valence-corrected chi connectivity index (χ1v) is 5.24. The van der Waals surface area contributed by atoms with Crippen LogP contribution in [-0.2, 0) is 0 Å². The zero-order valence-electron chi connectivity index (χ0n) is 9.16. The molecule has 0 spiro atoms. The summed E-state index contributed by atoms with van der Waals surface area (Å²) in [6.45, 7) is 0.